The van der Waals surface area contributed by atoms with Crippen LogP contribution in [0.3, 0.4) is 0 Å². The molecule has 4 rings (SSSR count). The lowest BCUT2D eigenvalue weighted by Crippen LogP contribution is -2.16. The molecule has 2 aromatic heterocycles. The Labute approximate surface area is 166 Å². The topological polar surface area (TPSA) is 69.0 Å². The van der Waals surface area contributed by atoms with Gasteiger partial charge in [-0.25, -0.2) is 4.98 Å². The van der Waals surface area contributed by atoms with E-state index in [0.29, 0.717) is 22.3 Å². The van der Waals surface area contributed by atoms with Crippen molar-refractivity contribution in [2.24, 2.45) is 0 Å². The van der Waals surface area contributed by atoms with Crippen molar-refractivity contribution < 1.29 is 9.53 Å². The molecule has 0 saturated carbocycles. The molecule has 1 amide bonds. The van der Waals surface area contributed by atoms with Gasteiger partial charge in [0, 0.05) is 17.0 Å². The van der Waals surface area contributed by atoms with Crippen molar-refractivity contribution in [2.75, 3.05) is 12.4 Å². The highest BCUT2D eigenvalue weighted by Crippen LogP contribution is 2.27. The van der Waals surface area contributed by atoms with Gasteiger partial charge in [0.2, 0.25) is 5.13 Å². The van der Waals surface area contributed by atoms with Crippen molar-refractivity contribution in [3.05, 3.63) is 77.3 Å². The van der Waals surface area contributed by atoms with Gasteiger partial charge in [0.05, 0.1) is 24.1 Å². The highest BCUT2D eigenvalue weighted by molar-refractivity contribution is 7.12. The molecular weight excluding hydrogens is 372 g/mol. The Morgan fingerprint density at radius 1 is 1.11 bits per heavy atom. The number of aryl methyl sites for hydroxylation is 1. The number of hydrogen-bond acceptors (Lipinski definition) is 5. The zero-order chi connectivity index (χ0) is 19.5. The minimum atomic E-state index is -0.265. The largest absolute Gasteiger partial charge is 0.496 e. The van der Waals surface area contributed by atoms with E-state index in [1.807, 2.05) is 54.8 Å². The average Bonchev–Trinajstić information content (AvgIpc) is 3.35. The zero-order valence-electron chi connectivity index (χ0n) is 15.4. The number of benzene rings is 2. The first-order valence-electron chi connectivity index (χ1n) is 8.68. The molecule has 6 nitrogen and oxygen atoms in total. The van der Waals surface area contributed by atoms with Crippen LogP contribution in [0.25, 0.3) is 16.4 Å². The summed E-state index contributed by atoms with van der Waals surface area (Å²) in [6.45, 7) is 1.88. The van der Waals surface area contributed by atoms with Gasteiger partial charge in [-0.3, -0.25) is 4.79 Å². The number of methoxy groups -OCH3 is 1. The van der Waals surface area contributed by atoms with Crippen LogP contribution in [0.1, 0.15) is 16.1 Å². The molecule has 0 saturated heterocycles. The Hall–Kier alpha value is -3.45. The molecule has 0 atom stereocenters. The quantitative estimate of drug-likeness (QED) is 0.542. The normalized spacial score (nSPS) is 10.6. The molecule has 0 unspecified atom stereocenters. The predicted molar refractivity (Wildman–Crippen MR) is 110 cm³/mol. The maximum atomic E-state index is 12.8. The summed E-state index contributed by atoms with van der Waals surface area (Å²) >= 11 is 1.47. The monoisotopic (exact) mass is 390 g/mol. The van der Waals surface area contributed by atoms with Crippen molar-refractivity contribution in [3.63, 3.8) is 0 Å². The second kappa shape index (κ2) is 7.66. The highest BCUT2D eigenvalue weighted by atomic mass is 32.1. The number of aromatic nitrogens is 3. The molecule has 28 heavy (non-hydrogen) atoms. The summed E-state index contributed by atoms with van der Waals surface area (Å²) < 4.78 is 6.94. The number of hydrogen-bond donors (Lipinski definition) is 1. The summed E-state index contributed by atoms with van der Waals surface area (Å²) in [5.74, 6) is 0.809. The lowest BCUT2D eigenvalue weighted by molar-refractivity contribution is 0.102. The molecule has 140 valence electrons. The second-order valence-corrected chi connectivity index (χ2v) is 6.96. The number of nitrogens with one attached hydrogen (secondary N) is 1. The lowest BCUT2D eigenvalue weighted by Gasteiger charge is -2.09. The van der Waals surface area contributed by atoms with Crippen LogP contribution < -0.4 is 10.1 Å². The van der Waals surface area contributed by atoms with Crippen molar-refractivity contribution >= 4 is 23.1 Å². The third kappa shape index (κ3) is 3.52. The molecular formula is C21H18N4O2S. The number of para-hydroxylation sites is 1. The Balaban J connectivity index is 1.65. The molecule has 7 heteroatoms. The lowest BCUT2D eigenvalue weighted by atomic mass is 10.2. The fourth-order valence-electron chi connectivity index (χ4n) is 2.85. The summed E-state index contributed by atoms with van der Waals surface area (Å²) in [4.78, 5) is 17.4. The summed E-state index contributed by atoms with van der Waals surface area (Å²) in [5.41, 5.74) is 3.15. The van der Waals surface area contributed by atoms with E-state index in [4.69, 9.17) is 4.74 Å². The molecule has 4 aromatic rings. The van der Waals surface area contributed by atoms with Gasteiger partial charge in [-0.1, -0.05) is 42.5 Å². The fraction of sp³-hybridized carbons (Fsp3) is 0.0952. The molecule has 0 spiro atoms. The van der Waals surface area contributed by atoms with Gasteiger partial charge in [-0.2, -0.15) is 9.78 Å². The van der Waals surface area contributed by atoms with E-state index in [2.05, 4.69) is 15.4 Å². The molecule has 0 fully saturated rings. The standard InChI is InChI=1S/C21H18N4O2S/c1-14-12-19(23-20(26)16-10-6-7-11-18(16)27-2)25(24-14)21-22-17(13-28-21)15-8-4-3-5-9-15/h3-13H,1-2H3,(H,23,26). The van der Waals surface area contributed by atoms with E-state index in [-0.39, 0.29) is 5.91 Å². The smallest absolute Gasteiger partial charge is 0.260 e. The third-order valence-electron chi connectivity index (χ3n) is 4.17. The summed E-state index contributed by atoms with van der Waals surface area (Å²) in [5, 5.41) is 10.1. The van der Waals surface area contributed by atoms with Crippen molar-refractivity contribution in [2.45, 2.75) is 6.92 Å². The first-order valence-corrected chi connectivity index (χ1v) is 9.56. The maximum absolute atomic E-state index is 12.8. The first-order chi connectivity index (χ1) is 13.7. The summed E-state index contributed by atoms with van der Waals surface area (Å²) in [6, 6.07) is 18.9. The SMILES string of the molecule is COc1ccccc1C(=O)Nc1cc(C)nn1-c1nc(-c2ccccc2)cs1. The van der Waals surface area contributed by atoms with Crippen LogP contribution in [-0.4, -0.2) is 27.8 Å². The fourth-order valence-corrected chi connectivity index (χ4v) is 3.65. The van der Waals surface area contributed by atoms with E-state index in [9.17, 15) is 4.79 Å². The van der Waals surface area contributed by atoms with Crippen LogP contribution in [0.5, 0.6) is 5.75 Å². The average molecular weight is 390 g/mol. The van der Waals surface area contributed by atoms with Gasteiger partial charge >= 0.3 is 0 Å². The van der Waals surface area contributed by atoms with E-state index in [1.54, 1.807) is 30.0 Å². The maximum Gasteiger partial charge on any atom is 0.260 e. The molecule has 0 aliphatic carbocycles. The number of ether oxygens (including phenoxy) is 1. The molecule has 0 radical (unpaired) electrons. The molecule has 0 aliphatic heterocycles. The summed E-state index contributed by atoms with van der Waals surface area (Å²) in [6.07, 6.45) is 0. The number of thiazole rings is 1. The van der Waals surface area contributed by atoms with Crippen LogP contribution in [0, 0.1) is 6.92 Å². The zero-order valence-corrected chi connectivity index (χ0v) is 16.2. The molecule has 2 aromatic carbocycles. The van der Waals surface area contributed by atoms with E-state index in [0.717, 1.165) is 17.0 Å². The molecule has 2 heterocycles. The van der Waals surface area contributed by atoms with Gasteiger partial charge in [0.1, 0.15) is 11.6 Å². The van der Waals surface area contributed by atoms with Gasteiger partial charge in [-0.05, 0) is 19.1 Å². The third-order valence-corrected chi connectivity index (χ3v) is 4.98. The molecule has 0 bridgehead atoms. The van der Waals surface area contributed by atoms with Crippen LogP contribution in [0.15, 0.2) is 66.0 Å². The number of anilines is 1. The number of carbonyl (C=O) groups excluding carboxylic acids is 1. The number of amides is 1. The number of rotatable bonds is 5. The molecule has 0 aliphatic rings. The minimum Gasteiger partial charge on any atom is -0.496 e. The van der Waals surface area contributed by atoms with E-state index >= 15 is 0 Å². The van der Waals surface area contributed by atoms with Gasteiger partial charge in [-0.15, -0.1) is 11.3 Å². The van der Waals surface area contributed by atoms with Crippen LogP contribution in [0.2, 0.25) is 0 Å². The van der Waals surface area contributed by atoms with Crippen LogP contribution in [0.4, 0.5) is 5.82 Å². The molecule has 1 N–H and O–H groups in total. The van der Waals surface area contributed by atoms with Crippen LogP contribution in [-0.2, 0) is 0 Å². The van der Waals surface area contributed by atoms with E-state index in [1.165, 1.54) is 11.3 Å². The number of carbonyl (C=O) groups is 1. The Morgan fingerprint density at radius 3 is 2.64 bits per heavy atom. The summed E-state index contributed by atoms with van der Waals surface area (Å²) in [7, 11) is 1.54. The van der Waals surface area contributed by atoms with E-state index < -0.39 is 0 Å². The Bertz CT molecular complexity index is 1120. The minimum absolute atomic E-state index is 0.265. The van der Waals surface area contributed by atoms with Gasteiger partial charge in [0.15, 0.2) is 0 Å². The van der Waals surface area contributed by atoms with Crippen molar-refractivity contribution in [1.82, 2.24) is 14.8 Å². The Kier molecular flexibility index (Phi) is 4.90. The number of nitrogens with zero attached hydrogens (tertiary/aromatic N) is 3. The first kappa shape index (κ1) is 17.9. The van der Waals surface area contributed by atoms with Crippen molar-refractivity contribution in [1.29, 1.82) is 0 Å². The second-order valence-electron chi connectivity index (χ2n) is 6.12. The van der Waals surface area contributed by atoms with Gasteiger partial charge < -0.3 is 10.1 Å². The van der Waals surface area contributed by atoms with Gasteiger partial charge in [0.25, 0.3) is 5.91 Å². The Morgan fingerprint density at radius 2 is 1.86 bits per heavy atom. The van der Waals surface area contributed by atoms with Crippen molar-refractivity contribution in [3.8, 4) is 22.1 Å². The highest BCUT2D eigenvalue weighted by Gasteiger charge is 2.17. The van der Waals surface area contributed by atoms with Crippen LogP contribution >= 0.6 is 11.3 Å². The predicted octanol–water partition coefficient (Wildman–Crippen LogP) is 4.57.